The van der Waals surface area contributed by atoms with Gasteiger partial charge in [0.05, 0.1) is 5.69 Å². The van der Waals surface area contributed by atoms with Gasteiger partial charge in [-0.3, -0.25) is 14.4 Å². The fourth-order valence-electron chi connectivity index (χ4n) is 2.73. The van der Waals surface area contributed by atoms with Crippen LogP contribution in [0.4, 0.5) is 11.4 Å². The van der Waals surface area contributed by atoms with Crippen molar-refractivity contribution >= 4 is 34.8 Å². The van der Waals surface area contributed by atoms with Crippen molar-refractivity contribution < 1.29 is 14.4 Å². The summed E-state index contributed by atoms with van der Waals surface area (Å²) in [5.41, 5.74) is 2.98. The number of hydrazone groups is 1. The minimum Gasteiger partial charge on any atom is -0.355 e. The Morgan fingerprint density at radius 1 is 1.04 bits per heavy atom. The topological polar surface area (TPSA) is 90.9 Å². The molecule has 27 heavy (non-hydrogen) atoms. The summed E-state index contributed by atoms with van der Waals surface area (Å²) in [6.07, 6.45) is 0.499. The van der Waals surface area contributed by atoms with Crippen LogP contribution < -0.4 is 15.6 Å². The van der Waals surface area contributed by atoms with E-state index in [9.17, 15) is 14.4 Å². The number of carbonyl (C=O) groups excluding carboxylic acids is 3. The number of hydrogen-bond acceptors (Lipinski definition) is 4. The summed E-state index contributed by atoms with van der Waals surface area (Å²) < 4.78 is 0. The van der Waals surface area contributed by atoms with Gasteiger partial charge < -0.3 is 10.6 Å². The molecule has 0 fully saturated rings. The van der Waals surface area contributed by atoms with Gasteiger partial charge in [-0.2, -0.15) is 5.10 Å². The Morgan fingerprint density at radius 3 is 2.44 bits per heavy atom. The Balaban J connectivity index is 1.76. The van der Waals surface area contributed by atoms with Crippen LogP contribution in [-0.4, -0.2) is 30.5 Å². The summed E-state index contributed by atoms with van der Waals surface area (Å²) in [7, 11) is 1.56. The third-order valence-electron chi connectivity index (χ3n) is 4.17. The second kappa shape index (κ2) is 7.82. The van der Waals surface area contributed by atoms with Crippen molar-refractivity contribution in [3.8, 4) is 0 Å². The van der Waals surface area contributed by atoms with Gasteiger partial charge in [0, 0.05) is 31.1 Å². The van der Waals surface area contributed by atoms with Crippen LogP contribution in [0, 0.1) is 6.92 Å². The number of carbonyl (C=O) groups is 3. The van der Waals surface area contributed by atoms with Crippen LogP contribution in [0.25, 0.3) is 0 Å². The van der Waals surface area contributed by atoms with Gasteiger partial charge in [-0.05, 0) is 48.9 Å². The van der Waals surface area contributed by atoms with Crippen LogP contribution in [-0.2, 0) is 9.59 Å². The summed E-state index contributed by atoms with van der Waals surface area (Å²) in [4.78, 5) is 36.3. The number of aryl methyl sites for hydroxylation is 1. The van der Waals surface area contributed by atoms with Crippen molar-refractivity contribution in [3.05, 3.63) is 59.7 Å². The lowest BCUT2D eigenvalue weighted by molar-refractivity contribution is -0.118. The zero-order valence-corrected chi connectivity index (χ0v) is 15.2. The monoisotopic (exact) mass is 364 g/mol. The molecule has 7 heteroatoms. The number of nitrogens with zero attached hydrogens (tertiary/aromatic N) is 2. The van der Waals surface area contributed by atoms with Crippen LogP contribution >= 0.6 is 0 Å². The maximum atomic E-state index is 12.5. The van der Waals surface area contributed by atoms with E-state index in [-0.39, 0.29) is 36.3 Å². The van der Waals surface area contributed by atoms with Gasteiger partial charge in [0.25, 0.3) is 11.8 Å². The van der Waals surface area contributed by atoms with Crippen molar-refractivity contribution in [2.24, 2.45) is 5.10 Å². The second-order valence-corrected chi connectivity index (χ2v) is 6.20. The van der Waals surface area contributed by atoms with Gasteiger partial charge in [-0.1, -0.05) is 12.1 Å². The molecule has 0 aliphatic carbocycles. The van der Waals surface area contributed by atoms with Gasteiger partial charge in [0.2, 0.25) is 5.91 Å². The lowest BCUT2D eigenvalue weighted by atomic mass is 10.1. The molecule has 0 unspecified atom stereocenters. The normalized spacial score (nSPS) is 13.8. The molecule has 2 aromatic rings. The minimum atomic E-state index is -0.368. The highest BCUT2D eigenvalue weighted by Gasteiger charge is 2.25. The van der Waals surface area contributed by atoms with Crippen LogP contribution in [0.3, 0.4) is 0 Å². The Morgan fingerprint density at radius 2 is 1.78 bits per heavy atom. The van der Waals surface area contributed by atoms with E-state index in [1.54, 1.807) is 37.4 Å². The number of amides is 3. The highest BCUT2D eigenvalue weighted by atomic mass is 16.2. The van der Waals surface area contributed by atoms with Crippen molar-refractivity contribution in [1.29, 1.82) is 0 Å². The molecule has 0 atom stereocenters. The molecule has 3 rings (SSSR count). The molecule has 0 aromatic heterocycles. The Kier molecular flexibility index (Phi) is 5.30. The van der Waals surface area contributed by atoms with E-state index in [0.29, 0.717) is 16.9 Å². The predicted octanol–water partition coefficient (Wildman–Crippen LogP) is 2.48. The van der Waals surface area contributed by atoms with E-state index in [4.69, 9.17) is 0 Å². The zero-order valence-electron chi connectivity index (χ0n) is 15.2. The molecule has 1 heterocycles. The predicted molar refractivity (Wildman–Crippen MR) is 104 cm³/mol. The summed E-state index contributed by atoms with van der Waals surface area (Å²) in [5.74, 6) is -0.711. The minimum absolute atomic E-state index is 0.146. The molecule has 3 amide bonds. The van der Waals surface area contributed by atoms with Crippen LogP contribution in [0.1, 0.15) is 28.8 Å². The summed E-state index contributed by atoms with van der Waals surface area (Å²) >= 11 is 0. The molecule has 2 aromatic carbocycles. The highest BCUT2D eigenvalue weighted by Crippen LogP contribution is 2.21. The molecule has 0 bridgehead atoms. The molecule has 1 aliphatic rings. The SMILES string of the molecule is CNC(=O)c1ccc(NC(=O)C2=NN(c3cccc(C)c3)C(=O)CC2)cc1. The van der Waals surface area contributed by atoms with Gasteiger partial charge >= 0.3 is 0 Å². The van der Waals surface area contributed by atoms with Crippen molar-refractivity contribution in [2.45, 2.75) is 19.8 Å². The van der Waals surface area contributed by atoms with Crippen molar-refractivity contribution in [1.82, 2.24) is 5.32 Å². The second-order valence-electron chi connectivity index (χ2n) is 6.20. The van der Waals surface area contributed by atoms with Gasteiger partial charge in [-0.15, -0.1) is 0 Å². The maximum absolute atomic E-state index is 12.5. The molecule has 1 aliphatic heterocycles. The Labute approximate surface area is 157 Å². The van der Waals surface area contributed by atoms with Crippen molar-refractivity contribution in [2.75, 3.05) is 17.4 Å². The third-order valence-corrected chi connectivity index (χ3v) is 4.17. The number of nitrogens with one attached hydrogen (secondary N) is 2. The Hall–Kier alpha value is -3.48. The molecular weight excluding hydrogens is 344 g/mol. The van der Waals surface area contributed by atoms with Gasteiger partial charge in [-0.25, -0.2) is 5.01 Å². The summed E-state index contributed by atoms with van der Waals surface area (Å²) in [6, 6.07) is 13.9. The van der Waals surface area contributed by atoms with E-state index in [1.165, 1.54) is 5.01 Å². The molecule has 0 saturated carbocycles. The average Bonchev–Trinajstić information content (AvgIpc) is 2.68. The first-order valence-corrected chi connectivity index (χ1v) is 8.58. The average molecular weight is 364 g/mol. The lowest BCUT2D eigenvalue weighted by Gasteiger charge is -2.23. The van der Waals surface area contributed by atoms with Crippen molar-refractivity contribution in [3.63, 3.8) is 0 Å². The first-order valence-electron chi connectivity index (χ1n) is 8.58. The molecule has 0 radical (unpaired) electrons. The van der Waals surface area contributed by atoms with Crippen LogP contribution in [0.2, 0.25) is 0 Å². The highest BCUT2D eigenvalue weighted by molar-refractivity contribution is 6.44. The molecule has 0 saturated heterocycles. The molecular formula is C20H20N4O3. The smallest absolute Gasteiger partial charge is 0.271 e. The van der Waals surface area contributed by atoms with E-state index < -0.39 is 0 Å². The van der Waals surface area contributed by atoms with E-state index >= 15 is 0 Å². The zero-order chi connectivity index (χ0) is 19.4. The fourth-order valence-corrected chi connectivity index (χ4v) is 2.73. The van der Waals surface area contributed by atoms with E-state index in [0.717, 1.165) is 5.56 Å². The van der Waals surface area contributed by atoms with E-state index in [1.807, 2.05) is 25.1 Å². The quantitative estimate of drug-likeness (QED) is 0.873. The standard InChI is InChI=1S/C20H20N4O3/c1-13-4-3-5-16(12-13)24-18(25)11-10-17(23-24)20(27)22-15-8-6-14(7-9-15)19(26)21-2/h3-9,12H,10-11H2,1-2H3,(H,21,26)(H,22,27). The maximum Gasteiger partial charge on any atom is 0.271 e. The first kappa shape index (κ1) is 18.3. The number of hydrogen-bond donors (Lipinski definition) is 2. The molecule has 2 N–H and O–H groups in total. The molecule has 138 valence electrons. The van der Waals surface area contributed by atoms with Crippen LogP contribution in [0.15, 0.2) is 53.6 Å². The first-order chi connectivity index (χ1) is 13.0. The fraction of sp³-hybridized carbons (Fsp3) is 0.200. The van der Waals surface area contributed by atoms with Gasteiger partial charge in [0.15, 0.2) is 0 Å². The third kappa shape index (κ3) is 4.20. The Bertz CT molecular complexity index is 919. The number of anilines is 2. The van der Waals surface area contributed by atoms with Crippen LogP contribution in [0.5, 0.6) is 0 Å². The summed E-state index contributed by atoms with van der Waals surface area (Å²) in [5, 5.41) is 10.8. The summed E-state index contributed by atoms with van der Waals surface area (Å²) in [6.45, 7) is 1.93. The lowest BCUT2D eigenvalue weighted by Crippen LogP contribution is -2.36. The number of rotatable bonds is 4. The number of benzene rings is 2. The largest absolute Gasteiger partial charge is 0.355 e. The van der Waals surface area contributed by atoms with Gasteiger partial charge in [0.1, 0.15) is 5.71 Å². The molecule has 0 spiro atoms. The molecule has 7 nitrogen and oxygen atoms in total. The van der Waals surface area contributed by atoms with E-state index in [2.05, 4.69) is 15.7 Å².